The fraction of sp³-hybridized carbons (Fsp3) is 0.122. The van der Waals surface area contributed by atoms with E-state index < -0.39 is 0 Å². The molecule has 3 aliphatic rings. The number of fused-ring (bicyclic) bond motifs is 8. The Bertz CT molecular complexity index is 2210. The van der Waals surface area contributed by atoms with Gasteiger partial charge in [0, 0.05) is 45.2 Å². The molecule has 0 saturated heterocycles. The molecule has 3 heteroatoms. The van der Waals surface area contributed by atoms with Gasteiger partial charge in [-0.15, -0.1) is 0 Å². The highest BCUT2D eigenvalue weighted by Crippen LogP contribution is 2.60. The Kier molecular flexibility index (Phi) is 5.29. The van der Waals surface area contributed by atoms with E-state index in [9.17, 15) is 4.39 Å². The summed E-state index contributed by atoms with van der Waals surface area (Å²) in [6.45, 7) is 4.71. The third kappa shape index (κ3) is 3.47. The highest BCUT2D eigenvalue weighted by atomic mass is 19.1. The van der Waals surface area contributed by atoms with Crippen LogP contribution in [0.2, 0.25) is 0 Å². The molecule has 1 aliphatic carbocycles. The summed E-state index contributed by atoms with van der Waals surface area (Å²) in [5.74, 6) is 0.0404. The zero-order valence-corrected chi connectivity index (χ0v) is 24.8. The van der Waals surface area contributed by atoms with Crippen LogP contribution in [0.3, 0.4) is 0 Å². The molecular weight excluding hydrogens is 539 g/mol. The van der Waals surface area contributed by atoms with Crippen molar-refractivity contribution in [1.82, 2.24) is 0 Å². The maximum atomic E-state index is 14.3. The summed E-state index contributed by atoms with van der Waals surface area (Å²) in [7, 11) is 0. The number of allylic oxidation sites excluding steroid dienone is 4. The van der Waals surface area contributed by atoms with Gasteiger partial charge < -0.3 is 9.80 Å². The molecule has 1 atom stereocenters. The van der Waals surface area contributed by atoms with Crippen molar-refractivity contribution in [2.45, 2.75) is 31.6 Å². The first-order chi connectivity index (χ1) is 21.5. The van der Waals surface area contributed by atoms with Crippen LogP contribution in [0, 0.1) is 5.82 Å². The first kappa shape index (κ1) is 25.4. The molecule has 0 fully saturated rings. The molecule has 6 aromatic carbocycles. The number of halogens is 1. The lowest BCUT2D eigenvalue weighted by Crippen LogP contribution is -2.33. The van der Waals surface area contributed by atoms with E-state index >= 15 is 0 Å². The van der Waals surface area contributed by atoms with Gasteiger partial charge in [-0.2, -0.15) is 0 Å². The van der Waals surface area contributed by atoms with Gasteiger partial charge in [-0.05, 0) is 93.9 Å². The molecule has 2 heterocycles. The van der Waals surface area contributed by atoms with Crippen LogP contribution >= 0.6 is 0 Å². The average molecular weight is 571 g/mol. The van der Waals surface area contributed by atoms with Gasteiger partial charge in [-0.1, -0.05) is 92.7 Å². The van der Waals surface area contributed by atoms with Crippen LogP contribution in [0.25, 0.3) is 21.5 Å². The molecule has 212 valence electrons. The molecular formula is C41H31FN2. The minimum absolute atomic E-state index is 0.0768. The molecule has 2 aliphatic heterocycles. The standard InChI is InChI=1S/C41H31FN2/c1-41(2)35-15-7-8-17-38(35)44-37-23-22-29(25-34(37)33-14-9-16-36(41)40(33)44)43(28-20-18-27(42)19-21-28)39-24-26-10-3-4-11-30(26)31-12-5-6-13-32(31)39/h3-13,15-25,33H,14H2,1-2H3. The second-order valence-corrected chi connectivity index (χ2v) is 12.7. The molecule has 0 saturated carbocycles. The summed E-state index contributed by atoms with van der Waals surface area (Å²) >= 11 is 0. The van der Waals surface area contributed by atoms with E-state index in [0.29, 0.717) is 0 Å². The van der Waals surface area contributed by atoms with Crippen molar-refractivity contribution in [3.63, 3.8) is 0 Å². The lowest BCUT2D eigenvalue weighted by molar-refractivity contribution is 0.598. The molecule has 0 radical (unpaired) electrons. The lowest BCUT2D eigenvalue weighted by Gasteiger charge is -2.42. The van der Waals surface area contributed by atoms with Crippen molar-refractivity contribution in [3.05, 3.63) is 162 Å². The largest absolute Gasteiger partial charge is 0.313 e. The Balaban J connectivity index is 1.30. The molecule has 0 N–H and O–H groups in total. The second kappa shape index (κ2) is 9.17. The number of benzene rings is 6. The van der Waals surface area contributed by atoms with Crippen molar-refractivity contribution < 1.29 is 4.39 Å². The average Bonchev–Trinajstić information content (AvgIpc) is 3.39. The number of nitrogens with zero attached hydrogens (tertiary/aromatic N) is 2. The van der Waals surface area contributed by atoms with E-state index in [1.165, 1.54) is 49.9 Å². The normalized spacial score (nSPS) is 17.5. The molecule has 0 amide bonds. The quantitative estimate of drug-likeness (QED) is 0.195. The SMILES string of the molecule is CC1(C)C2=C3C(CC=C2)c2cc(N(c4ccc(F)cc4)c4cc5ccccc5c5ccccc45)ccc2N3c2ccccc21. The Labute approximate surface area is 257 Å². The van der Waals surface area contributed by atoms with Gasteiger partial charge in [0.15, 0.2) is 0 Å². The minimum atomic E-state index is -0.238. The van der Waals surface area contributed by atoms with Crippen LogP contribution in [-0.4, -0.2) is 0 Å². The van der Waals surface area contributed by atoms with Gasteiger partial charge in [-0.3, -0.25) is 0 Å². The maximum absolute atomic E-state index is 14.3. The van der Waals surface area contributed by atoms with Crippen molar-refractivity contribution in [2.24, 2.45) is 0 Å². The maximum Gasteiger partial charge on any atom is 0.123 e. The Morgan fingerprint density at radius 3 is 2.25 bits per heavy atom. The van der Waals surface area contributed by atoms with Crippen LogP contribution in [-0.2, 0) is 5.41 Å². The summed E-state index contributed by atoms with van der Waals surface area (Å²) in [6, 6.07) is 42.1. The summed E-state index contributed by atoms with van der Waals surface area (Å²) < 4.78 is 14.3. The van der Waals surface area contributed by atoms with Crippen LogP contribution in [0.15, 0.2) is 145 Å². The molecule has 6 aromatic rings. The zero-order chi connectivity index (χ0) is 29.6. The van der Waals surface area contributed by atoms with Gasteiger partial charge in [0.25, 0.3) is 0 Å². The first-order valence-electron chi connectivity index (χ1n) is 15.4. The fourth-order valence-corrected chi connectivity index (χ4v) is 7.92. The van der Waals surface area contributed by atoms with E-state index in [1.54, 1.807) is 12.1 Å². The van der Waals surface area contributed by atoms with Crippen molar-refractivity contribution in [2.75, 3.05) is 9.80 Å². The summed E-state index contributed by atoms with van der Waals surface area (Å²) in [6.07, 6.45) is 5.68. The smallest absolute Gasteiger partial charge is 0.123 e. The van der Waals surface area contributed by atoms with Crippen LogP contribution < -0.4 is 9.80 Å². The van der Waals surface area contributed by atoms with E-state index in [-0.39, 0.29) is 17.2 Å². The van der Waals surface area contributed by atoms with Crippen molar-refractivity contribution in [1.29, 1.82) is 0 Å². The number of hydrogen-bond acceptors (Lipinski definition) is 2. The van der Waals surface area contributed by atoms with E-state index in [0.717, 1.165) is 28.9 Å². The molecule has 2 nitrogen and oxygen atoms in total. The highest BCUT2D eigenvalue weighted by molar-refractivity contribution is 6.14. The van der Waals surface area contributed by atoms with Crippen LogP contribution in [0.5, 0.6) is 0 Å². The number of anilines is 5. The van der Waals surface area contributed by atoms with E-state index in [4.69, 9.17) is 0 Å². The van der Waals surface area contributed by atoms with E-state index in [1.807, 2.05) is 12.1 Å². The Morgan fingerprint density at radius 2 is 1.41 bits per heavy atom. The zero-order valence-electron chi connectivity index (χ0n) is 24.8. The third-order valence-electron chi connectivity index (χ3n) is 9.95. The van der Waals surface area contributed by atoms with Crippen LogP contribution in [0.1, 0.15) is 37.3 Å². The molecule has 0 spiro atoms. The number of rotatable bonds is 3. The van der Waals surface area contributed by atoms with Gasteiger partial charge in [0.1, 0.15) is 5.82 Å². The second-order valence-electron chi connectivity index (χ2n) is 12.7. The molecule has 9 rings (SSSR count). The molecule has 0 aromatic heterocycles. The number of hydrogen-bond donors (Lipinski definition) is 0. The summed E-state index contributed by atoms with van der Waals surface area (Å²) in [4.78, 5) is 4.81. The monoisotopic (exact) mass is 570 g/mol. The third-order valence-corrected chi connectivity index (χ3v) is 9.95. The molecule has 1 unspecified atom stereocenters. The summed E-state index contributed by atoms with van der Waals surface area (Å²) in [5.41, 5.74) is 11.0. The Morgan fingerprint density at radius 1 is 0.705 bits per heavy atom. The topological polar surface area (TPSA) is 6.48 Å². The summed E-state index contributed by atoms with van der Waals surface area (Å²) in [5, 5.41) is 4.77. The van der Waals surface area contributed by atoms with Gasteiger partial charge in [0.05, 0.1) is 5.69 Å². The predicted octanol–water partition coefficient (Wildman–Crippen LogP) is 11.3. The Hall–Kier alpha value is -5.15. The van der Waals surface area contributed by atoms with Gasteiger partial charge in [-0.25, -0.2) is 4.39 Å². The van der Waals surface area contributed by atoms with Crippen molar-refractivity contribution in [3.8, 4) is 0 Å². The first-order valence-corrected chi connectivity index (χ1v) is 15.4. The van der Waals surface area contributed by atoms with Crippen molar-refractivity contribution >= 4 is 50.0 Å². The minimum Gasteiger partial charge on any atom is -0.313 e. The molecule has 0 bridgehead atoms. The van der Waals surface area contributed by atoms with Crippen LogP contribution in [0.4, 0.5) is 32.8 Å². The van der Waals surface area contributed by atoms with E-state index in [2.05, 4.69) is 133 Å². The predicted molar refractivity (Wildman–Crippen MR) is 181 cm³/mol. The van der Waals surface area contributed by atoms with Gasteiger partial charge >= 0.3 is 0 Å². The number of para-hydroxylation sites is 1. The lowest BCUT2D eigenvalue weighted by atomic mass is 9.70. The molecule has 44 heavy (non-hydrogen) atoms. The van der Waals surface area contributed by atoms with Gasteiger partial charge in [0.2, 0.25) is 0 Å². The fourth-order valence-electron chi connectivity index (χ4n) is 7.92. The highest BCUT2D eigenvalue weighted by Gasteiger charge is 2.46.